The fraction of sp³-hybridized carbons (Fsp3) is 0.333. The molecule has 0 aliphatic rings. The van der Waals surface area contributed by atoms with Gasteiger partial charge in [0.1, 0.15) is 21.6 Å². The van der Waals surface area contributed by atoms with Crippen LogP contribution in [0.3, 0.4) is 0 Å². The molecule has 0 saturated heterocycles. The number of benzene rings is 2. The van der Waals surface area contributed by atoms with E-state index in [1.54, 1.807) is 24.3 Å². The van der Waals surface area contributed by atoms with Crippen molar-refractivity contribution >= 4 is 21.7 Å². The van der Waals surface area contributed by atoms with Gasteiger partial charge in [-0.1, -0.05) is 11.8 Å². The Bertz CT molecular complexity index is 1220. The molecule has 12 heteroatoms. The van der Waals surface area contributed by atoms with E-state index >= 15 is 0 Å². The largest absolute Gasteiger partial charge is 0.494 e. The minimum atomic E-state index is -3.38. The average Bonchev–Trinajstić information content (AvgIpc) is 2.83. The fourth-order valence-corrected chi connectivity index (χ4v) is 3.52. The molecule has 2 rings (SSSR count). The van der Waals surface area contributed by atoms with Crippen LogP contribution in [0.5, 0.6) is 5.75 Å². The highest BCUT2D eigenvalue weighted by atomic mass is 32.2. The van der Waals surface area contributed by atoms with Crippen LogP contribution in [0.1, 0.15) is 34.8 Å². The highest BCUT2D eigenvalue weighted by molar-refractivity contribution is 7.90. The number of hydrogen-bond acceptors (Lipinski definition) is 7. The van der Waals surface area contributed by atoms with Crippen LogP contribution in [0, 0.1) is 11.8 Å². The van der Waals surface area contributed by atoms with Gasteiger partial charge in [-0.05, 0) is 61.9 Å². The first kappa shape index (κ1) is 28.7. The van der Waals surface area contributed by atoms with E-state index in [1.165, 1.54) is 30.5 Å². The van der Waals surface area contributed by atoms with Crippen LogP contribution >= 0.6 is 0 Å². The lowest BCUT2D eigenvalue weighted by atomic mass is 9.95. The maximum absolute atomic E-state index is 13.1. The zero-order chi connectivity index (χ0) is 26.9. The van der Waals surface area contributed by atoms with E-state index in [-0.39, 0.29) is 17.9 Å². The van der Waals surface area contributed by atoms with E-state index in [0.29, 0.717) is 30.2 Å². The van der Waals surface area contributed by atoms with Gasteiger partial charge in [0.25, 0.3) is 18.2 Å². The quantitative estimate of drug-likeness (QED) is 0.160. The number of hydroxylamine groups is 1. The van der Waals surface area contributed by atoms with E-state index in [9.17, 15) is 31.9 Å². The molecule has 0 saturated carbocycles. The minimum absolute atomic E-state index is 0.0127. The molecule has 0 bridgehead atoms. The van der Waals surface area contributed by atoms with Crippen molar-refractivity contribution in [2.75, 3.05) is 18.6 Å². The molecule has 4 N–H and O–H groups in total. The van der Waals surface area contributed by atoms with Crippen molar-refractivity contribution in [1.29, 1.82) is 0 Å². The predicted molar refractivity (Wildman–Crippen MR) is 126 cm³/mol. The average molecular weight is 525 g/mol. The Morgan fingerprint density at radius 2 is 1.58 bits per heavy atom. The van der Waals surface area contributed by atoms with Crippen LogP contribution < -0.4 is 15.5 Å². The van der Waals surface area contributed by atoms with Crippen molar-refractivity contribution < 1.29 is 41.8 Å². The highest BCUT2D eigenvalue weighted by Crippen LogP contribution is 2.20. The Hall–Kier alpha value is -3.53. The van der Waals surface area contributed by atoms with E-state index < -0.39 is 39.7 Å². The molecule has 0 aromatic heterocycles. The predicted octanol–water partition coefficient (Wildman–Crippen LogP) is 1.52. The van der Waals surface area contributed by atoms with Gasteiger partial charge in [0, 0.05) is 22.9 Å². The number of carbonyl (C=O) groups excluding carboxylic acids is 2. The lowest BCUT2D eigenvalue weighted by molar-refractivity contribution is -0.149. The van der Waals surface area contributed by atoms with Gasteiger partial charge < -0.3 is 15.2 Å². The Morgan fingerprint density at radius 1 is 1.06 bits per heavy atom. The fourth-order valence-electron chi connectivity index (χ4n) is 2.88. The monoisotopic (exact) mass is 524 g/mol. The number of halogens is 2. The molecule has 2 aromatic carbocycles. The summed E-state index contributed by atoms with van der Waals surface area (Å²) in [7, 11) is -3.03. The highest BCUT2D eigenvalue weighted by Gasteiger charge is 2.46. The zero-order valence-electron chi connectivity index (χ0n) is 19.5. The third-order valence-electron chi connectivity index (χ3n) is 4.95. The molecule has 2 aromatic rings. The summed E-state index contributed by atoms with van der Waals surface area (Å²) in [5.41, 5.74) is -0.550. The van der Waals surface area contributed by atoms with Crippen LogP contribution in [0.4, 0.5) is 8.78 Å². The van der Waals surface area contributed by atoms with E-state index in [4.69, 9.17) is 9.94 Å². The summed E-state index contributed by atoms with van der Waals surface area (Å²) in [5, 5.41) is 20.6. The first-order valence-electron chi connectivity index (χ1n) is 10.6. The molecule has 36 heavy (non-hydrogen) atoms. The van der Waals surface area contributed by atoms with Crippen molar-refractivity contribution in [2.24, 2.45) is 0 Å². The molecular formula is C24H26F2N2O7S. The third kappa shape index (κ3) is 8.60. The minimum Gasteiger partial charge on any atom is -0.494 e. The van der Waals surface area contributed by atoms with Gasteiger partial charge in [-0.3, -0.25) is 14.8 Å². The molecule has 0 heterocycles. The standard InChI is InChI=1S/C24H26F2N2O7S/c1-24(31,23(25)26)20(22(30)28-32)27-21(29)18-10-6-16(7-11-18)4-5-17-8-12-19(13-9-17)35-14-3-15-36(2,33)34/h6-13,20,23,31-32H,3,14-15H2,1-2H3,(H,27,29)(H,28,30)/t20-,24+/m1/s1. The summed E-state index contributed by atoms with van der Waals surface area (Å²) in [5.74, 6) is 4.12. The molecule has 0 aliphatic carbocycles. The number of nitrogens with one attached hydrogen (secondary N) is 2. The van der Waals surface area contributed by atoms with Crippen molar-refractivity contribution in [3.8, 4) is 17.6 Å². The van der Waals surface area contributed by atoms with E-state index in [1.807, 2.05) is 5.32 Å². The molecule has 0 fully saturated rings. The molecule has 194 valence electrons. The second-order valence-corrected chi connectivity index (χ2v) is 10.4. The Morgan fingerprint density at radius 3 is 2.06 bits per heavy atom. The lowest BCUT2D eigenvalue weighted by Crippen LogP contribution is -2.61. The molecule has 0 aliphatic heterocycles. The summed E-state index contributed by atoms with van der Waals surface area (Å²) in [6.07, 6.45) is -1.83. The van der Waals surface area contributed by atoms with Gasteiger partial charge in [0.15, 0.2) is 5.60 Å². The first-order chi connectivity index (χ1) is 16.8. The number of carbonyl (C=O) groups is 2. The molecule has 9 nitrogen and oxygen atoms in total. The number of amides is 2. The number of alkyl halides is 2. The van der Waals surface area contributed by atoms with Crippen molar-refractivity contribution in [3.05, 3.63) is 65.2 Å². The smallest absolute Gasteiger partial charge is 0.269 e. The Kier molecular flexibility index (Phi) is 9.92. The Labute approximate surface area is 207 Å². The summed E-state index contributed by atoms with van der Waals surface area (Å²) < 4.78 is 54.0. The molecule has 0 radical (unpaired) electrons. The SMILES string of the molecule is C[C@@](O)(C(F)F)[C@H](NC(=O)c1ccc(C#Cc2ccc(OCCCS(C)(=O)=O)cc2)cc1)C(=O)NO. The van der Waals surface area contributed by atoms with Crippen molar-refractivity contribution in [3.63, 3.8) is 0 Å². The van der Waals surface area contributed by atoms with Crippen LogP contribution in [0.15, 0.2) is 48.5 Å². The molecule has 2 amide bonds. The number of ether oxygens (including phenoxy) is 1. The lowest BCUT2D eigenvalue weighted by Gasteiger charge is -2.30. The summed E-state index contributed by atoms with van der Waals surface area (Å²) in [6.45, 7) is 0.928. The van der Waals surface area contributed by atoms with Gasteiger partial charge in [-0.15, -0.1) is 0 Å². The topological polar surface area (TPSA) is 142 Å². The maximum atomic E-state index is 13.1. The number of rotatable bonds is 10. The van der Waals surface area contributed by atoms with Crippen molar-refractivity contribution in [2.45, 2.75) is 31.4 Å². The summed E-state index contributed by atoms with van der Waals surface area (Å²) in [4.78, 5) is 24.1. The summed E-state index contributed by atoms with van der Waals surface area (Å²) in [6, 6.07) is 10.5. The molecular weight excluding hydrogens is 498 g/mol. The number of aliphatic hydroxyl groups is 1. The van der Waals surface area contributed by atoms with E-state index in [2.05, 4.69) is 11.8 Å². The number of hydrogen-bond donors (Lipinski definition) is 4. The zero-order valence-corrected chi connectivity index (χ0v) is 20.3. The van der Waals surface area contributed by atoms with Crippen molar-refractivity contribution in [1.82, 2.24) is 10.8 Å². The first-order valence-corrected chi connectivity index (χ1v) is 12.7. The number of sulfone groups is 1. The van der Waals surface area contributed by atoms with Crippen LogP contribution in [-0.4, -0.2) is 67.2 Å². The van der Waals surface area contributed by atoms with Crippen LogP contribution in [0.25, 0.3) is 0 Å². The van der Waals surface area contributed by atoms with Gasteiger partial charge in [-0.2, -0.15) is 0 Å². The van der Waals surface area contributed by atoms with E-state index in [0.717, 1.165) is 5.48 Å². The third-order valence-corrected chi connectivity index (χ3v) is 5.99. The van der Waals surface area contributed by atoms with Crippen LogP contribution in [-0.2, 0) is 14.6 Å². The summed E-state index contributed by atoms with van der Waals surface area (Å²) >= 11 is 0. The maximum Gasteiger partial charge on any atom is 0.269 e. The normalized spacial score (nSPS) is 13.6. The van der Waals surface area contributed by atoms with Gasteiger partial charge in [-0.25, -0.2) is 22.7 Å². The van der Waals surface area contributed by atoms with Gasteiger partial charge >= 0.3 is 0 Å². The van der Waals surface area contributed by atoms with Gasteiger partial charge in [0.05, 0.1) is 12.4 Å². The second kappa shape index (κ2) is 12.4. The van der Waals surface area contributed by atoms with Gasteiger partial charge in [0.2, 0.25) is 0 Å². The molecule has 0 spiro atoms. The second-order valence-electron chi connectivity index (χ2n) is 8.09. The molecule has 0 unspecified atom stereocenters. The molecule has 2 atom stereocenters. The Balaban J connectivity index is 2.00. The van der Waals surface area contributed by atoms with Crippen LogP contribution in [0.2, 0.25) is 0 Å².